The topological polar surface area (TPSA) is 127 Å². The van der Waals surface area contributed by atoms with Crippen molar-refractivity contribution in [2.45, 2.75) is 45.3 Å². The number of nitrogens with one attached hydrogen (secondary N) is 2. The molecule has 3 aromatic rings. The van der Waals surface area contributed by atoms with E-state index in [1.54, 1.807) is 44.6 Å². The minimum absolute atomic E-state index is 0.171. The van der Waals surface area contributed by atoms with Crippen LogP contribution in [0.15, 0.2) is 66.7 Å². The van der Waals surface area contributed by atoms with Crippen LogP contribution in [0.4, 0.5) is 10.5 Å². The molecule has 0 bridgehead atoms. The summed E-state index contributed by atoms with van der Waals surface area (Å²) in [6.07, 6.45) is 0.468. The number of methoxy groups -OCH3 is 2. The van der Waals surface area contributed by atoms with Crippen molar-refractivity contribution in [2.24, 2.45) is 0 Å². The molecule has 3 aromatic carbocycles. The molecule has 1 heterocycles. The summed E-state index contributed by atoms with van der Waals surface area (Å²) in [4.78, 5) is 25.4. The largest absolute Gasteiger partial charge is 0.497 e. The summed E-state index contributed by atoms with van der Waals surface area (Å²) in [5.41, 5.74) is 2.85. The lowest BCUT2D eigenvalue weighted by Crippen LogP contribution is -2.37. The van der Waals surface area contributed by atoms with Crippen molar-refractivity contribution >= 4 is 35.9 Å². The van der Waals surface area contributed by atoms with Gasteiger partial charge in [-0.1, -0.05) is 56.0 Å². The van der Waals surface area contributed by atoms with Gasteiger partial charge in [0.05, 0.1) is 19.9 Å². The van der Waals surface area contributed by atoms with Crippen LogP contribution in [-0.4, -0.2) is 66.6 Å². The van der Waals surface area contributed by atoms with Gasteiger partial charge in [0.2, 0.25) is 0 Å². The van der Waals surface area contributed by atoms with Gasteiger partial charge < -0.3 is 24.8 Å². The molecule has 0 radical (unpaired) electrons. The van der Waals surface area contributed by atoms with Gasteiger partial charge in [-0.3, -0.25) is 4.79 Å². The van der Waals surface area contributed by atoms with Crippen LogP contribution in [0, 0.1) is 0 Å². The van der Waals surface area contributed by atoms with Gasteiger partial charge in [-0.15, -0.1) is 0 Å². The molecule has 1 aliphatic rings. The highest BCUT2D eigenvalue weighted by atomic mass is 32.2. The molecule has 1 aliphatic heterocycles. The average Bonchev–Trinajstić information content (AvgIpc) is 3.24. The molecular weight excluding hydrogens is 613 g/mol. The van der Waals surface area contributed by atoms with Crippen LogP contribution in [0.2, 0.25) is 25.7 Å². The monoisotopic (exact) mass is 654 g/mol. The van der Waals surface area contributed by atoms with Crippen molar-refractivity contribution in [1.29, 1.82) is 0 Å². The van der Waals surface area contributed by atoms with Crippen molar-refractivity contribution < 1.29 is 32.2 Å². The van der Waals surface area contributed by atoms with Crippen LogP contribution >= 0.6 is 0 Å². The lowest BCUT2D eigenvalue weighted by molar-refractivity contribution is -0.123. The zero-order chi connectivity index (χ0) is 32.6. The zero-order valence-corrected chi connectivity index (χ0v) is 28.3. The molecule has 4 rings (SSSR count). The molecule has 242 valence electrons. The average molecular weight is 655 g/mol. The molecule has 0 aliphatic carbocycles. The third kappa shape index (κ3) is 8.91. The summed E-state index contributed by atoms with van der Waals surface area (Å²) < 4.78 is 46.0. The second kappa shape index (κ2) is 14.7. The predicted octanol–water partition coefficient (Wildman–Crippen LogP) is 4.56. The number of benzene rings is 3. The maximum absolute atomic E-state index is 13.5. The van der Waals surface area contributed by atoms with Gasteiger partial charge in [0.1, 0.15) is 30.4 Å². The summed E-state index contributed by atoms with van der Waals surface area (Å²) in [5.74, 6) is 1.16. The highest BCUT2D eigenvalue weighted by molar-refractivity contribution is 7.91. The second-order valence-corrected chi connectivity index (χ2v) is 19.3. The first-order valence-electron chi connectivity index (χ1n) is 14.8. The minimum atomic E-state index is -4.06. The van der Waals surface area contributed by atoms with E-state index in [1.807, 2.05) is 36.4 Å². The van der Waals surface area contributed by atoms with Gasteiger partial charge >= 0.3 is 16.2 Å². The molecule has 0 atom stereocenters. The molecule has 45 heavy (non-hydrogen) atoms. The molecule has 0 spiro atoms. The van der Waals surface area contributed by atoms with Crippen molar-refractivity contribution in [3.63, 3.8) is 0 Å². The van der Waals surface area contributed by atoms with Gasteiger partial charge in [-0.05, 0) is 47.9 Å². The number of anilines is 1. The lowest BCUT2D eigenvalue weighted by atomic mass is 10.1. The first-order valence-corrected chi connectivity index (χ1v) is 19.9. The normalized spacial score (nSPS) is 14.3. The molecular formula is C32H42N4O7SSi. The van der Waals surface area contributed by atoms with E-state index in [1.165, 1.54) is 0 Å². The van der Waals surface area contributed by atoms with E-state index < -0.39 is 24.2 Å². The number of amides is 3. The molecule has 0 unspecified atom stereocenters. The van der Waals surface area contributed by atoms with Crippen molar-refractivity contribution in [3.05, 3.63) is 83.4 Å². The molecule has 1 fully saturated rings. The molecule has 0 aromatic heterocycles. The number of hydrogen-bond acceptors (Lipinski definition) is 7. The number of urea groups is 1. The fourth-order valence-corrected chi connectivity index (χ4v) is 7.35. The Balaban J connectivity index is 1.45. The third-order valence-corrected chi connectivity index (χ3v) is 10.9. The minimum Gasteiger partial charge on any atom is -0.497 e. The van der Waals surface area contributed by atoms with Crippen LogP contribution in [0.3, 0.4) is 0 Å². The van der Waals surface area contributed by atoms with Gasteiger partial charge in [0.25, 0.3) is 5.91 Å². The van der Waals surface area contributed by atoms with Crippen molar-refractivity contribution in [2.75, 3.05) is 38.2 Å². The fraction of sp³-hybridized carbons (Fsp3) is 0.375. The van der Waals surface area contributed by atoms with Crippen LogP contribution in [0.5, 0.6) is 17.2 Å². The summed E-state index contributed by atoms with van der Waals surface area (Å²) in [6.45, 7) is 7.12. The molecule has 13 heteroatoms. The summed E-state index contributed by atoms with van der Waals surface area (Å²) in [7, 11) is -2.51. The number of hydrogen-bond donors (Lipinski definition) is 2. The third-order valence-electron chi connectivity index (χ3n) is 7.34. The standard InChI is InChI=1S/C32H42N4O7SSi/c1-41-27-13-12-26(29(20-27)42-2)21-34-32(38)33-16-15-24-11-14-28(30(19-24)43-23-25-9-7-6-8-10-25)36-22-31(37)35(44(36,39)40)17-18-45(3,4)5/h6-14,19-20H,15-18,21-23H2,1-5H3,(H2,33,34,38). The first kappa shape index (κ1) is 33.7. The Morgan fingerprint density at radius 2 is 1.67 bits per heavy atom. The quantitative estimate of drug-likeness (QED) is 0.244. The maximum atomic E-state index is 13.5. The number of rotatable bonds is 14. The molecule has 2 N–H and O–H groups in total. The number of carbonyl (C=O) groups is 2. The Bertz CT molecular complexity index is 1600. The van der Waals surface area contributed by atoms with Crippen LogP contribution in [0.25, 0.3) is 0 Å². The predicted molar refractivity (Wildman–Crippen MR) is 177 cm³/mol. The zero-order valence-electron chi connectivity index (χ0n) is 26.5. The molecule has 0 saturated carbocycles. The van der Waals surface area contributed by atoms with E-state index >= 15 is 0 Å². The van der Waals surface area contributed by atoms with E-state index in [2.05, 4.69) is 30.3 Å². The highest BCUT2D eigenvalue weighted by Crippen LogP contribution is 2.36. The smallest absolute Gasteiger partial charge is 0.329 e. The van der Waals surface area contributed by atoms with Crippen LogP contribution < -0.4 is 29.1 Å². The van der Waals surface area contributed by atoms with E-state index in [0.29, 0.717) is 41.9 Å². The van der Waals surface area contributed by atoms with Crippen LogP contribution in [0.1, 0.15) is 16.7 Å². The van der Waals surface area contributed by atoms with E-state index in [-0.39, 0.29) is 32.3 Å². The van der Waals surface area contributed by atoms with E-state index in [9.17, 15) is 18.0 Å². The Morgan fingerprint density at radius 3 is 2.36 bits per heavy atom. The number of nitrogens with zero attached hydrogens (tertiary/aromatic N) is 2. The van der Waals surface area contributed by atoms with E-state index in [0.717, 1.165) is 25.3 Å². The van der Waals surface area contributed by atoms with Gasteiger partial charge in [-0.2, -0.15) is 8.42 Å². The summed E-state index contributed by atoms with van der Waals surface area (Å²) in [5, 5.41) is 5.68. The molecule has 11 nitrogen and oxygen atoms in total. The number of ether oxygens (including phenoxy) is 3. The number of carbonyl (C=O) groups excluding carboxylic acids is 2. The van der Waals surface area contributed by atoms with Crippen molar-refractivity contribution in [1.82, 2.24) is 14.9 Å². The van der Waals surface area contributed by atoms with Crippen molar-refractivity contribution in [3.8, 4) is 17.2 Å². The van der Waals surface area contributed by atoms with E-state index in [4.69, 9.17) is 14.2 Å². The molecule has 1 saturated heterocycles. The Labute approximate surface area is 266 Å². The SMILES string of the molecule is COc1ccc(CNC(=O)NCCc2ccc(N3CC(=O)N(CC[Si](C)(C)C)S3(=O)=O)c(OCc3ccccc3)c2)c(OC)c1. The van der Waals surface area contributed by atoms with Crippen LogP contribution in [-0.2, 0) is 34.6 Å². The first-order chi connectivity index (χ1) is 21.4. The summed E-state index contributed by atoms with van der Waals surface area (Å²) in [6, 6.07) is 20.5. The lowest BCUT2D eigenvalue weighted by Gasteiger charge is -2.24. The summed E-state index contributed by atoms with van der Waals surface area (Å²) >= 11 is 0. The Morgan fingerprint density at radius 1 is 0.911 bits per heavy atom. The Kier molecular flexibility index (Phi) is 11.0. The van der Waals surface area contributed by atoms with Gasteiger partial charge in [0, 0.05) is 39.3 Å². The Hall–Kier alpha value is -4.23. The highest BCUT2D eigenvalue weighted by Gasteiger charge is 2.43. The molecule has 3 amide bonds. The maximum Gasteiger partial charge on any atom is 0.329 e. The van der Waals surface area contributed by atoms with Gasteiger partial charge in [0.15, 0.2) is 0 Å². The van der Waals surface area contributed by atoms with Gasteiger partial charge in [-0.25, -0.2) is 13.4 Å². The fourth-order valence-electron chi connectivity index (χ4n) is 4.74. The second-order valence-electron chi connectivity index (χ2n) is 11.9.